The zero-order valence-electron chi connectivity index (χ0n) is 12.0. The van der Waals surface area contributed by atoms with Crippen LogP contribution >= 0.6 is 11.6 Å². The fourth-order valence-electron chi connectivity index (χ4n) is 2.51. The second-order valence-corrected chi connectivity index (χ2v) is 5.70. The molecule has 2 aromatic rings. The van der Waals surface area contributed by atoms with Crippen LogP contribution in [0.25, 0.3) is 0 Å². The first-order chi connectivity index (χ1) is 10.6. The summed E-state index contributed by atoms with van der Waals surface area (Å²) in [5.74, 6) is -0.321. The van der Waals surface area contributed by atoms with Crippen LogP contribution in [0.5, 0.6) is 0 Å². The minimum Gasteiger partial charge on any atom is -0.324 e. The molecule has 112 valence electrons. The standard InChI is InChI=1S/C17H15ClN2O2/c1-11(16(21)19-14-8-6-13(18)7-9-14)20-10-12-4-2-3-5-15(12)17(20)22/h2-9,11H,10H2,1H3,(H,19,21). The smallest absolute Gasteiger partial charge is 0.255 e. The first-order valence-corrected chi connectivity index (χ1v) is 7.39. The van der Waals surface area contributed by atoms with Crippen LogP contribution in [0, 0.1) is 0 Å². The number of nitrogens with zero attached hydrogens (tertiary/aromatic N) is 1. The van der Waals surface area contributed by atoms with Gasteiger partial charge >= 0.3 is 0 Å². The van der Waals surface area contributed by atoms with Gasteiger partial charge in [0.1, 0.15) is 6.04 Å². The van der Waals surface area contributed by atoms with Gasteiger partial charge in [-0.1, -0.05) is 29.8 Å². The Balaban J connectivity index is 1.72. The molecule has 0 saturated heterocycles. The molecule has 22 heavy (non-hydrogen) atoms. The zero-order valence-corrected chi connectivity index (χ0v) is 12.8. The lowest BCUT2D eigenvalue weighted by Gasteiger charge is -2.23. The summed E-state index contributed by atoms with van der Waals surface area (Å²) in [7, 11) is 0. The maximum Gasteiger partial charge on any atom is 0.255 e. The van der Waals surface area contributed by atoms with Crippen LogP contribution < -0.4 is 5.32 Å². The molecule has 0 saturated carbocycles. The summed E-state index contributed by atoms with van der Waals surface area (Å²) in [4.78, 5) is 26.3. The molecule has 3 rings (SSSR count). The molecule has 0 radical (unpaired) electrons. The maximum atomic E-state index is 12.4. The highest BCUT2D eigenvalue weighted by Gasteiger charge is 2.33. The Labute approximate surface area is 133 Å². The highest BCUT2D eigenvalue weighted by atomic mass is 35.5. The van der Waals surface area contributed by atoms with E-state index in [0.29, 0.717) is 22.8 Å². The molecule has 0 spiro atoms. The number of halogens is 1. The molecule has 0 aliphatic carbocycles. The predicted octanol–water partition coefficient (Wildman–Crippen LogP) is 3.32. The molecule has 0 fully saturated rings. The minimum atomic E-state index is -0.546. The molecule has 1 unspecified atom stereocenters. The van der Waals surface area contributed by atoms with Gasteiger partial charge in [0.2, 0.25) is 5.91 Å². The van der Waals surface area contributed by atoms with Crippen molar-refractivity contribution < 1.29 is 9.59 Å². The number of benzene rings is 2. The number of rotatable bonds is 3. The van der Waals surface area contributed by atoms with Gasteiger partial charge in [-0.2, -0.15) is 0 Å². The molecule has 0 bridgehead atoms. The van der Waals surface area contributed by atoms with E-state index in [2.05, 4.69) is 5.32 Å². The van der Waals surface area contributed by atoms with Crippen LogP contribution in [0.1, 0.15) is 22.8 Å². The highest BCUT2D eigenvalue weighted by molar-refractivity contribution is 6.30. The van der Waals surface area contributed by atoms with E-state index < -0.39 is 6.04 Å². The third-order valence-electron chi connectivity index (χ3n) is 3.81. The Morgan fingerprint density at radius 1 is 1.18 bits per heavy atom. The van der Waals surface area contributed by atoms with Crippen LogP contribution in [0.2, 0.25) is 5.02 Å². The van der Waals surface area contributed by atoms with Crippen molar-refractivity contribution in [1.82, 2.24) is 4.90 Å². The van der Waals surface area contributed by atoms with Crippen molar-refractivity contribution in [2.24, 2.45) is 0 Å². The Morgan fingerprint density at radius 2 is 1.86 bits per heavy atom. The van der Waals surface area contributed by atoms with Crippen molar-refractivity contribution in [1.29, 1.82) is 0 Å². The average Bonchev–Trinajstić information content (AvgIpc) is 2.86. The Morgan fingerprint density at radius 3 is 2.55 bits per heavy atom. The van der Waals surface area contributed by atoms with Gasteiger partial charge in [0.05, 0.1) is 0 Å². The molecule has 2 aromatic carbocycles. The molecule has 1 aliphatic rings. The molecule has 1 N–H and O–H groups in total. The van der Waals surface area contributed by atoms with Crippen LogP contribution in [0.4, 0.5) is 5.69 Å². The van der Waals surface area contributed by atoms with E-state index in [9.17, 15) is 9.59 Å². The van der Waals surface area contributed by atoms with E-state index in [0.717, 1.165) is 5.56 Å². The maximum absolute atomic E-state index is 12.4. The van der Waals surface area contributed by atoms with Gasteiger partial charge < -0.3 is 10.2 Å². The quantitative estimate of drug-likeness (QED) is 0.944. The molecule has 5 heteroatoms. The summed E-state index contributed by atoms with van der Waals surface area (Å²) in [6.45, 7) is 2.19. The summed E-state index contributed by atoms with van der Waals surface area (Å²) in [5, 5.41) is 3.41. The van der Waals surface area contributed by atoms with Gasteiger partial charge in [-0.25, -0.2) is 0 Å². The number of hydrogen-bond donors (Lipinski definition) is 1. The topological polar surface area (TPSA) is 49.4 Å². The first kappa shape index (κ1) is 14.6. The normalized spacial score (nSPS) is 14.6. The van der Waals surface area contributed by atoms with E-state index in [-0.39, 0.29) is 11.8 Å². The number of carbonyl (C=O) groups is 2. The van der Waals surface area contributed by atoms with E-state index in [4.69, 9.17) is 11.6 Å². The Bertz CT molecular complexity index is 728. The summed E-state index contributed by atoms with van der Waals surface area (Å²) in [6.07, 6.45) is 0. The summed E-state index contributed by atoms with van der Waals surface area (Å²) < 4.78 is 0. The second kappa shape index (κ2) is 5.81. The minimum absolute atomic E-state index is 0.102. The molecular weight excluding hydrogens is 300 g/mol. The van der Waals surface area contributed by atoms with Crippen molar-refractivity contribution in [2.75, 3.05) is 5.32 Å². The van der Waals surface area contributed by atoms with Crippen molar-refractivity contribution in [3.8, 4) is 0 Å². The summed E-state index contributed by atoms with van der Waals surface area (Å²) >= 11 is 5.82. The summed E-state index contributed by atoms with van der Waals surface area (Å²) in [6, 6.07) is 13.8. The highest BCUT2D eigenvalue weighted by Crippen LogP contribution is 2.24. The van der Waals surface area contributed by atoms with Gasteiger partial charge in [0.15, 0.2) is 0 Å². The van der Waals surface area contributed by atoms with Crippen molar-refractivity contribution in [3.05, 3.63) is 64.7 Å². The van der Waals surface area contributed by atoms with E-state index >= 15 is 0 Å². The first-order valence-electron chi connectivity index (χ1n) is 7.01. The monoisotopic (exact) mass is 314 g/mol. The van der Waals surface area contributed by atoms with Crippen molar-refractivity contribution in [3.63, 3.8) is 0 Å². The molecule has 1 atom stereocenters. The molecule has 0 aromatic heterocycles. The lowest BCUT2D eigenvalue weighted by molar-refractivity contribution is -0.120. The second-order valence-electron chi connectivity index (χ2n) is 5.26. The van der Waals surface area contributed by atoms with E-state index in [1.54, 1.807) is 42.2 Å². The molecular formula is C17H15ClN2O2. The van der Waals surface area contributed by atoms with Gasteiger partial charge in [-0.15, -0.1) is 0 Å². The Hall–Kier alpha value is -2.33. The van der Waals surface area contributed by atoms with Gasteiger partial charge in [-0.05, 0) is 42.8 Å². The lowest BCUT2D eigenvalue weighted by Crippen LogP contribution is -2.42. The average molecular weight is 315 g/mol. The van der Waals surface area contributed by atoms with Gasteiger partial charge in [0.25, 0.3) is 5.91 Å². The lowest BCUT2D eigenvalue weighted by atomic mass is 10.1. The van der Waals surface area contributed by atoms with Gasteiger partial charge in [0, 0.05) is 22.8 Å². The third kappa shape index (κ3) is 2.70. The predicted molar refractivity (Wildman–Crippen MR) is 85.9 cm³/mol. The molecule has 1 aliphatic heterocycles. The molecule has 2 amide bonds. The van der Waals surface area contributed by atoms with Crippen LogP contribution in [-0.4, -0.2) is 22.8 Å². The fraction of sp³-hybridized carbons (Fsp3) is 0.176. The van der Waals surface area contributed by atoms with E-state index in [1.807, 2.05) is 18.2 Å². The number of nitrogens with one attached hydrogen (secondary N) is 1. The number of carbonyl (C=O) groups excluding carboxylic acids is 2. The fourth-order valence-corrected chi connectivity index (χ4v) is 2.64. The largest absolute Gasteiger partial charge is 0.324 e. The summed E-state index contributed by atoms with van der Waals surface area (Å²) in [5.41, 5.74) is 2.29. The van der Waals surface area contributed by atoms with Crippen LogP contribution in [0.15, 0.2) is 48.5 Å². The SMILES string of the molecule is CC(C(=O)Nc1ccc(Cl)cc1)N1Cc2ccccc2C1=O. The van der Waals surface area contributed by atoms with Crippen LogP contribution in [-0.2, 0) is 11.3 Å². The number of anilines is 1. The molecule has 4 nitrogen and oxygen atoms in total. The number of fused-ring (bicyclic) bond motifs is 1. The number of amides is 2. The zero-order chi connectivity index (χ0) is 15.7. The van der Waals surface area contributed by atoms with Crippen LogP contribution in [0.3, 0.4) is 0 Å². The van der Waals surface area contributed by atoms with Gasteiger partial charge in [-0.3, -0.25) is 9.59 Å². The third-order valence-corrected chi connectivity index (χ3v) is 4.06. The molecule has 1 heterocycles. The Kier molecular flexibility index (Phi) is 3.86. The van der Waals surface area contributed by atoms with E-state index in [1.165, 1.54) is 0 Å². The number of hydrogen-bond acceptors (Lipinski definition) is 2. The van der Waals surface area contributed by atoms with Crippen molar-refractivity contribution >= 4 is 29.1 Å². The van der Waals surface area contributed by atoms with Crippen molar-refractivity contribution in [2.45, 2.75) is 19.5 Å².